The molecule has 154 valence electrons. The van der Waals surface area contributed by atoms with Crippen molar-refractivity contribution in [2.45, 2.75) is 19.0 Å². The monoisotopic (exact) mass is 402 g/mol. The Labute approximate surface area is 177 Å². The van der Waals surface area contributed by atoms with Gasteiger partial charge in [-0.05, 0) is 23.3 Å². The Balaban J connectivity index is 1.82. The van der Waals surface area contributed by atoms with Crippen LogP contribution in [-0.2, 0) is 17.8 Å². The zero-order valence-corrected chi connectivity index (χ0v) is 16.8. The molecule has 3 rings (SSSR count). The highest BCUT2D eigenvalue weighted by Crippen LogP contribution is 2.11. The molecule has 0 radical (unpaired) electrons. The second kappa shape index (κ2) is 10.9. The summed E-state index contributed by atoms with van der Waals surface area (Å²) in [6, 6.07) is 27.3. The van der Waals surface area contributed by atoms with E-state index in [1.54, 1.807) is 29.2 Å². The lowest BCUT2D eigenvalue weighted by Gasteiger charge is -2.28. The van der Waals surface area contributed by atoms with E-state index < -0.39 is 6.04 Å². The van der Waals surface area contributed by atoms with Gasteiger partial charge in [-0.25, -0.2) is 0 Å². The number of hydrogen-bond acceptors (Lipinski definition) is 3. The van der Waals surface area contributed by atoms with Gasteiger partial charge in [0.15, 0.2) is 0 Å². The molecule has 0 aliphatic heterocycles. The van der Waals surface area contributed by atoms with Crippen molar-refractivity contribution in [3.8, 4) is 0 Å². The van der Waals surface area contributed by atoms with Crippen LogP contribution in [0.25, 0.3) is 0 Å². The second-order valence-electron chi connectivity index (χ2n) is 7.05. The molecule has 2 amide bonds. The van der Waals surface area contributed by atoms with Crippen LogP contribution in [0.15, 0.2) is 91.0 Å². The zero-order valence-electron chi connectivity index (χ0n) is 16.8. The molecule has 1 atom stereocenters. The van der Waals surface area contributed by atoms with Crippen molar-refractivity contribution in [2.24, 2.45) is 0 Å². The minimum atomic E-state index is -0.740. The molecule has 0 spiro atoms. The van der Waals surface area contributed by atoms with Gasteiger partial charge in [-0.1, -0.05) is 78.9 Å². The van der Waals surface area contributed by atoms with E-state index >= 15 is 0 Å². The number of aliphatic hydroxyl groups is 1. The molecule has 2 N–H and O–H groups in total. The molecule has 0 heterocycles. The molecule has 0 saturated heterocycles. The number of aliphatic hydroxyl groups excluding tert-OH is 1. The van der Waals surface area contributed by atoms with Gasteiger partial charge < -0.3 is 15.3 Å². The maximum atomic E-state index is 13.4. The summed E-state index contributed by atoms with van der Waals surface area (Å²) in [7, 11) is 0. The quantitative estimate of drug-likeness (QED) is 0.578. The smallest absolute Gasteiger partial charge is 0.251 e. The first-order valence-electron chi connectivity index (χ1n) is 10.0. The van der Waals surface area contributed by atoms with E-state index in [4.69, 9.17) is 0 Å². The highest BCUT2D eigenvalue weighted by molar-refractivity contribution is 5.97. The molecule has 0 aliphatic carbocycles. The first-order valence-corrected chi connectivity index (χ1v) is 10.0. The Morgan fingerprint density at radius 3 is 1.90 bits per heavy atom. The van der Waals surface area contributed by atoms with E-state index in [1.807, 2.05) is 66.7 Å². The summed E-state index contributed by atoms with van der Waals surface area (Å²) in [5.41, 5.74) is 2.42. The minimum Gasteiger partial charge on any atom is -0.395 e. The summed E-state index contributed by atoms with van der Waals surface area (Å²) in [4.78, 5) is 27.8. The SMILES string of the molecule is O=C(NC(Cc1ccccc1)C(=O)N(CCO)Cc1ccccc1)c1ccccc1. The molecule has 1 unspecified atom stereocenters. The van der Waals surface area contributed by atoms with Crippen molar-refractivity contribution in [2.75, 3.05) is 13.2 Å². The van der Waals surface area contributed by atoms with E-state index in [1.165, 1.54) is 0 Å². The Kier molecular flexibility index (Phi) is 7.75. The standard InChI is InChI=1S/C25H26N2O3/c28-17-16-27(19-21-12-6-2-7-13-21)25(30)23(18-20-10-4-1-5-11-20)26-24(29)22-14-8-3-9-15-22/h1-15,23,28H,16-19H2,(H,26,29). The van der Waals surface area contributed by atoms with E-state index in [-0.39, 0.29) is 25.0 Å². The van der Waals surface area contributed by atoms with Gasteiger partial charge in [0.2, 0.25) is 5.91 Å². The van der Waals surface area contributed by atoms with Crippen LogP contribution in [0.1, 0.15) is 21.5 Å². The number of rotatable bonds is 9. The van der Waals surface area contributed by atoms with Crippen LogP contribution in [0.5, 0.6) is 0 Å². The van der Waals surface area contributed by atoms with Gasteiger partial charge in [-0.3, -0.25) is 9.59 Å². The first kappa shape index (κ1) is 21.3. The molecule has 5 nitrogen and oxygen atoms in total. The summed E-state index contributed by atoms with van der Waals surface area (Å²) in [6.45, 7) is 0.413. The van der Waals surface area contributed by atoms with Crippen molar-refractivity contribution < 1.29 is 14.7 Å². The highest BCUT2D eigenvalue weighted by atomic mass is 16.3. The van der Waals surface area contributed by atoms with Crippen molar-refractivity contribution in [1.29, 1.82) is 0 Å². The van der Waals surface area contributed by atoms with Crippen LogP contribution in [0.4, 0.5) is 0 Å². The third-order valence-electron chi connectivity index (χ3n) is 4.82. The fraction of sp³-hybridized carbons (Fsp3) is 0.200. The fourth-order valence-electron chi connectivity index (χ4n) is 3.29. The zero-order chi connectivity index (χ0) is 21.2. The Morgan fingerprint density at radius 2 is 1.33 bits per heavy atom. The van der Waals surface area contributed by atoms with E-state index in [9.17, 15) is 14.7 Å². The van der Waals surface area contributed by atoms with Crippen molar-refractivity contribution in [1.82, 2.24) is 10.2 Å². The van der Waals surface area contributed by atoms with Gasteiger partial charge in [0.1, 0.15) is 6.04 Å². The lowest BCUT2D eigenvalue weighted by Crippen LogP contribution is -2.50. The number of carbonyl (C=O) groups is 2. The summed E-state index contributed by atoms with van der Waals surface area (Å²) in [6.07, 6.45) is 0.370. The molecular formula is C25H26N2O3. The van der Waals surface area contributed by atoms with Gasteiger partial charge >= 0.3 is 0 Å². The van der Waals surface area contributed by atoms with Crippen molar-refractivity contribution >= 4 is 11.8 Å². The van der Waals surface area contributed by atoms with Gasteiger partial charge in [0.05, 0.1) is 6.61 Å². The number of nitrogens with one attached hydrogen (secondary N) is 1. The molecule has 0 aliphatic rings. The topological polar surface area (TPSA) is 69.6 Å². The van der Waals surface area contributed by atoms with Crippen LogP contribution in [0.2, 0.25) is 0 Å². The van der Waals surface area contributed by atoms with Crippen LogP contribution in [0, 0.1) is 0 Å². The molecule has 5 heteroatoms. The van der Waals surface area contributed by atoms with Crippen LogP contribution < -0.4 is 5.32 Å². The van der Waals surface area contributed by atoms with E-state index in [0.29, 0.717) is 18.5 Å². The average molecular weight is 402 g/mol. The third kappa shape index (κ3) is 6.03. The van der Waals surface area contributed by atoms with Crippen molar-refractivity contribution in [3.63, 3.8) is 0 Å². The maximum Gasteiger partial charge on any atom is 0.251 e. The lowest BCUT2D eigenvalue weighted by molar-refractivity contribution is -0.134. The normalized spacial score (nSPS) is 11.5. The predicted octanol–water partition coefficient (Wildman–Crippen LogP) is 3.05. The summed E-state index contributed by atoms with van der Waals surface area (Å²) in [5.74, 6) is -0.519. The van der Waals surface area contributed by atoms with Gasteiger partial charge in [-0.15, -0.1) is 0 Å². The third-order valence-corrected chi connectivity index (χ3v) is 4.82. The Bertz CT molecular complexity index is 930. The van der Waals surface area contributed by atoms with Gasteiger partial charge in [0, 0.05) is 25.1 Å². The molecule has 30 heavy (non-hydrogen) atoms. The van der Waals surface area contributed by atoms with Crippen LogP contribution in [0.3, 0.4) is 0 Å². The Morgan fingerprint density at radius 1 is 0.800 bits per heavy atom. The van der Waals surface area contributed by atoms with E-state index in [2.05, 4.69) is 5.32 Å². The molecule has 3 aromatic rings. The second-order valence-corrected chi connectivity index (χ2v) is 7.05. The maximum absolute atomic E-state index is 13.4. The van der Waals surface area contributed by atoms with Crippen LogP contribution in [-0.4, -0.2) is 41.0 Å². The predicted molar refractivity (Wildman–Crippen MR) is 117 cm³/mol. The van der Waals surface area contributed by atoms with Gasteiger partial charge in [-0.2, -0.15) is 0 Å². The molecule has 0 saturated carbocycles. The number of amides is 2. The highest BCUT2D eigenvalue weighted by Gasteiger charge is 2.26. The molecule has 0 aromatic heterocycles. The summed E-state index contributed by atoms with van der Waals surface area (Å²) in [5, 5.41) is 12.4. The minimum absolute atomic E-state index is 0.150. The number of hydrogen-bond donors (Lipinski definition) is 2. The van der Waals surface area contributed by atoms with Gasteiger partial charge in [0.25, 0.3) is 5.91 Å². The molecule has 0 bridgehead atoms. The number of nitrogens with zero attached hydrogens (tertiary/aromatic N) is 1. The fourth-order valence-corrected chi connectivity index (χ4v) is 3.29. The first-order chi connectivity index (χ1) is 14.7. The average Bonchev–Trinajstić information content (AvgIpc) is 2.80. The largest absolute Gasteiger partial charge is 0.395 e. The molecular weight excluding hydrogens is 376 g/mol. The molecule has 3 aromatic carbocycles. The molecule has 0 fully saturated rings. The Hall–Kier alpha value is -3.44. The number of benzene rings is 3. The summed E-state index contributed by atoms with van der Waals surface area (Å²) < 4.78 is 0. The number of carbonyl (C=O) groups excluding carboxylic acids is 2. The van der Waals surface area contributed by atoms with E-state index in [0.717, 1.165) is 11.1 Å². The van der Waals surface area contributed by atoms with Crippen molar-refractivity contribution in [3.05, 3.63) is 108 Å². The summed E-state index contributed by atoms with van der Waals surface area (Å²) >= 11 is 0. The van der Waals surface area contributed by atoms with Crippen LogP contribution >= 0.6 is 0 Å². The lowest BCUT2D eigenvalue weighted by atomic mass is 10.0.